The van der Waals surface area contributed by atoms with Crippen LogP contribution in [0.25, 0.3) is 0 Å². The van der Waals surface area contributed by atoms with Crippen LogP contribution >= 0.6 is 0 Å². The second kappa shape index (κ2) is 10.2. The highest BCUT2D eigenvalue weighted by Crippen LogP contribution is 2.29. The standard InChI is InChI=1S/C21H25NO6/c1-14(2)15-5-8-17(9-6-15)27-13-21(24)28-12-20(23)22-16-7-10-18(25-3)19(11-16)26-4/h5-11,14H,12-13H2,1-4H3,(H,22,23). The molecular weight excluding hydrogens is 362 g/mol. The van der Waals surface area contributed by atoms with E-state index < -0.39 is 18.5 Å². The zero-order chi connectivity index (χ0) is 20.5. The minimum absolute atomic E-state index is 0.273. The second-order valence-corrected chi connectivity index (χ2v) is 6.29. The number of rotatable bonds is 9. The average molecular weight is 387 g/mol. The lowest BCUT2D eigenvalue weighted by Crippen LogP contribution is -2.23. The first-order valence-electron chi connectivity index (χ1n) is 8.83. The summed E-state index contributed by atoms with van der Waals surface area (Å²) in [5.74, 6) is 0.913. The maximum absolute atomic E-state index is 11.9. The first-order valence-corrected chi connectivity index (χ1v) is 8.83. The van der Waals surface area contributed by atoms with Gasteiger partial charge in [-0.25, -0.2) is 4.79 Å². The van der Waals surface area contributed by atoms with E-state index in [-0.39, 0.29) is 6.61 Å². The summed E-state index contributed by atoms with van der Waals surface area (Å²) in [4.78, 5) is 23.7. The second-order valence-electron chi connectivity index (χ2n) is 6.29. The molecule has 0 bridgehead atoms. The van der Waals surface area contributed by atoms with Gasteiger partial charge in [0.1, 0.15) is 5.75 Å². The first-order chi connectivity index (χ1) is 13.4. The fourth-order valence-electron chi connectivity index (χ4n) is 2.39. The molecule has 0 aliphatic heterocycles. The predicted octanol–water partition coefficient (Wildman–Crippen LogP) is 3.39. The molecule has 0 aliphatic carbocycles. The van der Waals surface area contributed by atoms with Crippen LogP contribution in [0, 0.1) is 0 Å². The summed E-state index contributed by atoms with van der Waals surface area (Å²) in [6.07, 6.45) is 0. The van der Waals surface area contributed by atoms with Gasteiger partial charge in [0.25, 0.3) is 5.91 Å². The van der Waals surface area contributed by atoms with Crippen molar-refractivity contribution in [3.05, 3.63) is 48.0 Å². The Morgan fingerprint density at radius 3 is 2.21 bits per heavy atom. The Bertz CT molecular complexity index is 801. The molecule has 0 saturated heterocycles. The summed E-state index contributed by atoms with van der Waals surface area (Å²) in [7, 11) is 3.03. The van der Waals surface area contributed by atoms with Gasteiger partial charge in [-0.2, -0.15) is 0 Å². The summed E-state index contributed by atoms with van der Waals surface area (Å²) in [5.41, 5.74) is 1.68. The number of esters is 1. The molecule has 0 aromatic heterocycles. The number of hydrogen-bond donors (Lipinski definition) is 1. The Hall–Kier alpha value is -3.22. The third-order valence-corrected chi connectivity index (χ3v) is 3.94. The van der Waals surface area contributed by atoms with Gasteiger partial charge in [-0.05, 0) is 35.7 Å². The molecule has 2 aromatic carbocycles. The highest BCUT2D eigenvalue weighted by atomic mass is 16.6. The van der Waals surface area contributed by atoms with E-state index >= 15 is 0 Å². The van der Waals surface area contributed by atoms with E-state index in [4.69, 9.17) is 18.9 Å². The van der Waals surface area contributed by atoms with Crippen LogP contribution in [-0.4, -0.2) is 39.3 Å². The molecule has 7 heteroatoms. The van der Waals surface area contributed by atoms with E-state index in [9.17, 15) is 9.59 Å². The van der Waals surface area contributed by atoms with Crippen molar-refractivity contribution in [2.24, 2.45) is 0 Å². The normalized spacial score (nSPS) is 10.3. The number of benzene rings is 2. The number of ether oxygens (including phenoxy) is 4. The van der Waals surface area contributed by atoms with E-state index in [0.29, 0.717) is 28.9 Å². The third-order valence-electron chi connectivity index (χ3n) is 3.94. The van der Waals surface area contributed by atoms with Crippen molar-refractivity contribution in [2.75, 3.05) is 32.8 Å². The number of hydrogen-bond acceptors (Lipinski definition) is 6. The Morgan fingerprint density at radius 1 is 0.929 bits per heavy atom. The fourth-order valence-corrected chi connectivity index (χ4v) is 2.39. The fraction of sp³-hybridized carbons (Fsp3) is 0.333. The van der Waals surface area contributed by atoms with E-state index in [0.717, 1.165) is 0 Å². The maximum Gasteiger partial charge on any atom is 0.344 e. The molecule has 150 valence electrons. The number of amides is 1. The van der Waals surface area contributed by atoms with Gasteiger partial charge in [0.05, 0.1) is 14.2 Å². The van der Waals surface area contributed by atoms with E-state index in [1.165, 1.54) is 19.8 Å². The third kappa shape index (κ3) is 6.19. The van der Waals surface area contributed by atoms with Crippen molar-refractivity contribution >= 4 is 17.6 Å². The average Bonchev–Trinajstić information content (AvgIpc) is 2.70. The molecule has 28 heavy (non-hydrogen) atoms. The molecule has 2 rings (SSSR count). The summed E-state index contributed by atoms with van der Waals surface area (Å²) < 4.78 is 20.6. The lowest BCUT2D eigenvalue weighted by Gasteiger charge is -2.11. The van der Waals surface area contributed by atoms with E-state index in [1.54, 1.807) is 30.3 Å². The van der Waals surface area contributed by atoms with Gasteiger partial charge in [0.15, 0.2) is 24.7 Å². The van der Waals surface area contributed by atoms with Gasteiger partial charge >= 0.3 is 5.97 Å². The molecule has 0 radical (unpaired) electrons. The van der Waals surface area contributed by atoms with Crippen LogP contribution in [-0.2, 0) is 14.3 Å². The Morgan fingerprint density at radius 2 is 1.61 bits per heavy atom. The van der Waals surface area contributed by atoms with Crippen LogP contribution < -0.4 is 19.5 Å². The summed E-state index contributed by atoms with van der Waals surface area (Å²) in [5, 5.41) is 2.62. The molecule has 2 aromatic rings. The predicted molar refractivity (Wildman–Crippen MR) is 105 cm³/mol. The van der Waals surface area contributed by atoms with Gasteiger partial charge < -0.3 is 24.3 Å². The number of anilines is 1. The maximum atomic E-state index is 11.9. The van der Waals surface area contributed by atoms with Crippen LogP contribution in [0.4, 0.5) is 5.69 Å². The molecule has 0 saturated carbocycles. The van der Waals surface area contributed by atoms with Crippen LogP contribution in [0.1, 0.15) is 25.3 Å². The van der Waals surface area contributed by atoms with Crippen molar-refractivity contribution in [3.63, 3.8) is 0 Å². The van der Waals surface area contributed by atoms with Gasteiger partial charge in [0, 0.05) is 11.8 Å². The van der Waals surface area contributed by atoms with Gasteiger partial charge in [-0.1, -0.05) is 26.0 Å². The molecule has 7 nitrogen and oxygen atoms in total. The summed E-state index contributed by atoms with van der Waals surface area (Å²) in [6, 6.07) is 12.4. The van der Waals surface area contributed by atoms with Gasteiger partial charge in [-0.3, -0.25) is 4.79 Å². The molecule has 0 atom stereocenters. The molecule has 0 fully saturated rings. The summed E-state index contributed by atoms with van der Waals surface area (Å²) >= 11 is 0. The quantitative estimate of drug-likeness (QED) is 0.664. The lowest BCUT2D eigenvalue weighted by atomic mass is 10.0. The molecule has 0 aliphatic rings. The molecule has 0 unspecified atom stereocenters. The van der Waals surface area contributed by atoms with Crippen LogP contribution in [0.3, 0.4) is 0 Å². The van der Waals surface area contributed by atoms with Gasteiger partial charge in [0.2, 0.25) is 0 Å². The zero-order valence-corrected chi connectivity index (χ0v) is 16.5. The number of carbonyl (C=O) groups is 2. The SMILES string of the molecule is COc1ccc(NC(=O)COC(=O)COc2ccc(C(C)C)cc2)cc1OC. The number of carbonyl (C=O) groups excluding carboxylic acids is 2. The van der Waals surface area contributed by atoms with Crippen molar-refractivity contribution in [2.45, 2.75) is 19.8 Å². The first kappa shape index (κ1) is 21.1. The Kier molecular flexibility index (Phi) is 7.68. The molecule has 1 N–H and O–H groups in total. The van der Waals surface area contributed by atoms with E-state index in [1.807, 2.05) is 12.1 Å². The smallest absolute Gasteiger partial charge is 0.344 e. The minimum atomic E-state index is -0.629. The highest BCUT2D eigenvalue weighted by molar-refractivity contribution is 5.93. The molecule has 0 heterocycles. The molecule has 1 amide bonds. The summed E-state index contributed by atoms with van der Waals surface area (Å²) in [6.45, 7) is 3.51. The van der Waals surface area contributed by atoms with Crippen molar-refractivity contribution in [1.82, 2.24) is 0 Å². The van der Waals surface area contributed by atoms with Crippen molar-refractivity contribution < 1.29 is 28.5 Å². The number of nitrogens with one attached hydrogen (secondary N) is 1. The van der Waals surface area contributed by atoms with Gasteiger partial charge in [-0.15, -0.1) is 0 Å². The topological polar surface area (TPSA) is 83.1 Å². The Labute approximate surface area is 164 Å². The molecule has 0 spiro atoms. The monoisotopic (exact) mass is 387 g/mol. The minimum Gasteiger partial charge on any atom is -0.493 e. The van der Waals surface area contributed by atoms with Crippen LogP contribution in [0.2, 0.25) is 0 Å². The molecular formula is C21H25NO6. The zero-order valence-electron chi connectivity index (χ0n) is 16.5. The lowest BCUT2D eigenvalue weighted by molar-refractivity contribution is -0.149. The van der Waals surface area contributed by atoms with Crippen molar-refractivity contribution in [3.8, 4) is 17.2 Å². The van der Waals surface area contributed by atoms with E-state index in [2.05, 4.69) is 19.2 Å². The largest absolute Gasteiger partial charge is 0.493 e. The van der Waals surface area contributed by atoms with Crippen LogP contribution in [0.15, 0.2) is 42.5 Å². The number of methoxy groups -OCH3 is 2. The Balaban J connectivity index is 1.77. The van der Waals surface area contributed by atoms with Crippen LogP contribution in [0.5, 0.6) is 17.2 Å². The van der Waals surface area contributed by atoms with Crippen molar-refractivity contribution in [1.29, 1.82) is 0 Å². The highest BCUT2D eigenvalue weighted by Gasteiger charge is 2.11.